The van der Waals surface area contributed by atoms with Crippen LogP contribution in [0, 0.1) is 0 Å². The zero-order valence-electron chi connectivity index (χ0n) is 11.9. The van der Waals surface area contributed by atoms with Gasteiger partial charge in [-0.3, -0.25) is 4.79 Å². The average molecular weight is 293 g/mol. The van der Waals surface area contributed by atoms with Crippen LogP contribution in [-0.4, -0.2) is 42.3 Å². The van der Waals surface area contributed by atoms with Crippen molar-refractivity contribution >= 4 is 11.9 Å². The second-order valence-electron chi connectivity index (χ2n) is 5.05. The van der Waals surface area contributed by atoms with E-state index in [1.54, 1.807) is 12.1 Å². The van der Waals surface area contributed by atoms with Crippen molar-refractivity contribution in [1.29, 1.82) is 0 Å². The molecule has 1 aliphatic rings. The van der Waals surface area contributed by atoms with Crippen LogP contribution in [0.15, 0.2) is 24.3 Å². The molecule has 2 N–H and O–H groups in total. The number of rotatable bonds is 6. The molecule has 6 heteroatoms. The SMILES string of the molecule is CC(COc1ccc(C(=O)O)cc1)NC(=O)C1CCCO1. The monoisotopic (exact) mass is 293 g/mol. The number of carbonyl (C=O) groups excluding carboxylic acids is 1. The smallest absolute Gasteiger partial charge is 0.335 e. The van der Waals surface area contributed by atoms with Crippen LogP contribution in [0.3, 0.4) is 0 Å². The minimum Gasteiger partial charge on any atom is -0.491 e. The second kappa shape index (κ2) is 7.08. The highest BCUT2D eigenvalue weighted by atomic mass is 16.5. The van der Waals surface area contributed by atoms with Crippen molar-refractivity contribution in [1.82, 2.24) is 5.32 Å². The molecule has 0 spiro atoms. The summed E-state index contributed by atoms with van der Waals surface area (Å²) >= 11 is 0. The van der Waals surface area contributed by atoms with Gasteiger partial charge in [0, 0.05) is 6.61 Å². The van der Waals surface area contributed by atoms with Crippen LogP contribution in [-0.2, 0) is 9.53 Å². The van der Waals surface area contributed by atoms with E-state index in [9.17, 15) is 9.59 Å². The van der Waals surface area contributed by atoms with Crippen LogP contribution in [0.1, 0.15) is 30.1 Å². The number of hydrogen-bond acceptors (Lipinski definition) is 4. The Kier molecular flexibility index (Phi) is 5.16. The lowest BCUT2D eigenvalue weighted by molar-refractivity contribution is -0.130. The average Bonchev–Trinajstić information content (AvgIpc) is 3.00. The lowest BCUT2D eigenvalue weighted by Gasteiger charge is -2.17. The third-order valence-corrected chi connectivity index (χ3v) is 3.21. The summed E-state index contributed by atoms with van der Waals surface area (Å²) in [6.45, 7) is 2.79. The molecule has 114 valence electrons. The maximum Gasteiger partial charge on any atom is 0.335 e. The Hall–Kier alpha value is -2.08. The first kappa shape index (κ1) is 15.3. The van der Waals surface area contributed by atoms with Gasteiger partial charge in [0.15, 0.2) is 0 Å². The molecule has 0 radical (unpaired) electrons. The van der Waals surface area contributed by atoms with Crippen LogP contribution < -0.4 is 10.1 Å². The molecular weight excluding hydrogens is 274 g/mol. The minimum atomic E-state index is -0.973. The molecular formula is C15H19NO5. The fourth-order valence-corrected chi connectivity index (χ4v) is 2.08. The Morgan fingerprint density at radius 1 is 1.43 bits per heavy atom. The summed E-state index contributed by atoms with van der Waals surface area (Å²) in [6.07, 6.45) is 1.33. The third-order valence-electron chi connectivity index (χ3n) is 3.21. The molecule has 2 atom stereocenters. The van der Waals surface area contributed by atoms with Gasteiger partial charge in [0.1, 0.15) is 18.5 Å². The van der Waals surface area contributed by atoms with E-state index in [0.717, 1.165) is 12.8 Å². The maximum absolute atomic E-state index is 11.8. The van der Waals surface area contributed by atoms with E-state index < -0.39 is 5.97 Å². The first-order chi connectivity index (χ1) is 10.1. The van der Waals surface area contributed by atoms with Gasteiger partial charge in [0.25, 0.3) is 0 Å². The number of benzene rings is 1. The largest absolute Gasteiger partial charge is 0.491 e. The zero-order valence-corrected chi connectivity index (χ0v) is 11.9. The molecule has 1 heterocycles. The standard InChI is InChI=1S/C15H19NO5/c1-10(16-14(17)13-3-2-8-20-13)9-21-12-6-4-11(5-7-12)15(18)19/h4-7,10,13H,2-3,8-9H2,1H3,(H,16,17)(H,18,19). The Morgan fingerprint density at radius 3 is 2.71 bits per heavy atom. The molecule has 0 aliphatic carbocycles. The number of aromatic carboxylic acids is 1. The number of hydrogen-bond donors (Lipinski definition) is 2. The molecule has 1 fully saturated rings. The number of amides is 1. The minimum absolute atomic E-state index is 0.107. The number of carboxylic acids is 1. The molecule has 0 bridgehead atoms. The van der Waals surface area contributed by atoms with Gasteiger partial charge in [-0.2, -0.15) is 0 Å². The van der Waals surface area contributed by atoms with Gasteiger partial charge in [-0.05, 0) is 44.0 Å². The fourth-order valence-electron chi connectivity index (χ4n) is 2.08. The normalized spacial score (nSPS) is 19.0. The van der Waals surface area contributed by atoms with Gasteiger partial charge >= 0.3 is 5.97 Å². The topological polar surface area (TPSA) is 84.9 Å². The highest BCUT2D eigenvalue weighted by Gasteiger charge is 2.24. The van der Waals surface area contributed by atoms with Crippen molar-refractivity contribution in [2.45, 2.75) is 31.9 Å². The molecule has 6 nitrogen and oxygen atoms in total. The van der Waals surface area contributed by atoms with Gasteiger partial charge < -0.3 is 19.9 Å². The first-order valence-corrected chi connectivity index (χ1v) is 6.94. The number of ether oxygens (including phenoxy) is 2. The Bertz CT molecular complexity index is 493. The van der Waals surface area contributed by atoms with Gasteiger partial charge in [-0.1, -0.05) is 0 Å². The zero-order chi connectivity index (χ0) is 15.2. The number of nitrogens with one attached hydrogen (secondary N) is 1. The summed E-state index contributed by atoms with van der Waals surface area (Å²) in [7, 11) is 0. The highest BCUT2D eigenvalue weighted by molar-refractivity contribution is 5.87. The molecule has 0 aromatic heterocycles. The van der Waals surface area contributed by atoms with E-state index in [2.05, 4.69) is 5.32 Å². The molecule has 1 amide bonds. The van der Waals surface area contributed by atoms with Crippen molar-refractivity contribution in [3.63, 3.8) is 0 Å². The Labute approximate surface area is 123 Å². The molecule has 2 rings (SSSR count). The molecule has 1 saturated heterocycles. The second-order valence-corrected chi connectivity index (χ2v) is 5.05. The number of carbonyl (C=O) groups is 2. The van der Waals surface area contributed by atoms with Crippen molar-refractivity contribution in [3.05, 3.63) is 29.8 Å². The Morgan fingerprint density at radius 2 is 2.14 bits per heavy atom. The van der Waals surface area contributed by atoms with Gasteiger partial charge in [-0.25, -0.2) is 4.79 Å². The van der Waals surface area contributed by atoms with Crippen LogP contribution in [0.25, 0.3) is 0 Å². The van der Waals surface area contributed by atoms with Gasteiger partial charge in [-0.15, -0.1) is 0 Å². The maximum atomic E-state index is 11.8. The van der Waals surface area contributed by atoms with E-state index in [4.69, 9.17) is 14.6 Å². The summed E-state index contributed by atoms with van der Waals surface area (Å²) in [6, 6.07) is 6.00. The molecule has 1 aliphatic heterocycles. The number of carboxylic acid groups (broad SMARTS) is 1. The summed E-state index contributed by atoms with van der Waals surface area (Å²) in [5.41, 5.74) is 0.210. The van der Waals surface area contributed by atoms with E-state index in [0.29, 0.717) is 19.0 Å². The lowest BCUT2D eigenvalue weighted by Crippen LogP contribution is -2.42. The lowest BCUT2D eigenvalue weighted by atomic mass is 10.2. The summed E-state index contributed by atoms with van der Waals surface area (Å²) in [4.78, 5) is 22.6. The van der Waals surface area contributed by atoms with E-state index in [1.165, 1.54) is 12.1 Å². The van der Waals surface area contributed by atoms with Crippen molar-refractivity contribution < 1.29 is 24.2 Å². The highest BCUT2D eigenvalue weighted by Crippen LogP contribution is 2.13. The molecule has 1 aromatic rings. The van der Waals surface area contributed by atoms with Crippen molar-refractivity contribution in [2.24, 2.45) is 0 Å². The quantitative estimate of drug-likeness (QED) is 0.829. The molecule has 2 unspecified atom stereocenters. The summed E-state index contributed by atoms with van der Waals surface area (Å²) in [5.74, 6) is -0.512. The van der Waals surface area contributed by atoms with E-state index in [-0.39, 0.29) is 23.6 Å². The van der Waals surface area contributed by atoms with Crippen LogP contribution in [0.5, 0.6) is 5.75 Å². The van der Waals surface area contributed by atoms with Crippen LogP contribution in [0.4, 0.5) is 0 Å². The van der Waals surface area contributed by atoms with E-state index in [1.807, 2.05) is 6.92 Å². The van der Waals surface area contributed by atoms with Crippen LogP contribution >= 0.6 is 0 Å². The van der Waals surface area contributed by atoms with Crippen molar-refractivity contribution in [2.75, 3.05) is 13.2 Å². The molecule has 1 aromatic carbocycles. The first-order valence-electron chi connectivity index (χ1n) is 6.94. The molecule has 0 saturated carbocycles. The van der Waals surface area contributed by atoms with Crippen molar-refractivity contribution in [3.8, 4) is 5.75 Å². The predicted molar refractivity (Wildman–Crippen MR) is 75.5 cm³/mol. The van der Waals surface area contributed by atoms with Crippen LogP contribution in [0.2, 0.25) is 0 Å². The molecule has 21 heavy (non-hydrogen) atoms. The summed E-state index contributed by atoms with van der Waals surface area (Å²) < 4.78 is 10.8. The third kappa shape index (κ3) is 4.46. The van der Waals surface area contributed by atoms with Gasteiger partial charge in [0.2, 0.25) is 5.91 Å². The summed E-state index contributed by atoms with van der Waals surface area (Å²) in [5, 5.41) is 11.6. The van der Waals surface area contributed by atoms with Gasteiger partial charge in [0.05, 0.1) is 11.6 Å². The van der Waals surface area contributed by atoms with E-state index >= 15 is 0 Å². The Balaban J connectivity index is 1.76. The fraction of sp³-hybridized carbons (Fsp3) is 0.467. The predicted octanol–water partition coefficient (Wildman–Crippen LogP) is 1.45.